The maximum atomic E-state index is 3.57. The molecule has 1 aliphatic rings. The molecule has 0 heterocycles. The molecule has 0 atom stereocenters. The third-order valence-corrected chi connectivity index (χ3v) is 3.66. The van der Waals surface area contributed by atoms with Crippen molar-refractivity contribution >= 4 is 15.9 Å². The summed E-state index contributed by atoms with van der Waals surface area (Å²) in [5, 5.41) is 3.57. The van der Waals surface area contributed by atoms with E-state index in [-0.39, 0.29) is 0 Å². The van der Waals surface area contributed by atoms with Gasteiger partial charge in [0.05, 0.1) is 0 Å². The van der Waals surface area contributed by atoms with E-state index in [1.165, 1.54) is 29.3 Å². The summed E-state index contributed by atoms with van der Waals surface area (Å²) in [5.74, 6) is 0. The highest BCUT2D eigenvalue weighted by Crippen LogP contribution is 2.19. The van der Waals surface area contributed by atoms with Crippen LogP contribution in [0.15, 0.2) is 28.7 Å². The van der Waals surface area contributed by atoms with E-state index in [9.17, 15) is 0 Å². The van der Waals surface area contributed by atoms with Crippen LogP contribution in [-0.4, -0.2) is 12.6 Å². The molecular weight excluding hydrogens is 238 g/mol. The van der Waals surface area contributed by atoms with E-state index in [2.05, 4.69) is 45.5 Å². The summed E-state index contributed by atoms with van der Waals surface area (Å²) < 4.78 is 1.23. The monoisotopic (exact) mass is 253 g/mol. The maximum Gasteiger partial charge on any atom is 0.0207 e. The quantitative estimate of drug-likeness (QED) is 0.870. The van der Waals surface area contributed by atoms with E-state index in [4.69, 9.17) is 0 Å². The average Bonchev–Trinajstić information content (AvgIpc) is 2.12. The van der Waals surface area contributed by atoms with Crippen molar-refractivity contribution in [1.82, 2.24) is 5.32 Å². The van der Waals surface area contributed by atoms with E-state index in [0.717, 1.165) is 19.0 Å². The Kier molecular flexibility index (Phi) is 3.60. The summed E-state index contributed by atoms with van der Waals surface area (Å²) >= 11 is 3.57. The molecule has 0 spiro atoms. The van der Waals surface area contributed by atoms with Crippen LogP contribution in [0, 0.1) is 0 Å². The SMILES string of the molecule is Brc1ccccc1CCNC1CCC1. The summed E-state index contributed by atoms with van der Waals surface area (Å²) in [7, 11) is 0. The van der Waals surface area contributed by atoms with Gasteiger partial charge in [-0.1, -0.05) is 40.5 Å². The highest BCUT2D eigenvalue weighted by Gasteiger charge is 2.15. The van der Waals surface area contributed by atoms with E-state index in [1.54, 1.807) is 0 Å². The van der Waals surface area contributed by atoms with Crippen molar-refractivity contribution < 1.29 is 0 Å². The smallest absolute Gasteiger partial charge is 0.0207 e. The molecule has 1 aromatic carbocycles. The van der Waals surface area contributed by atoms with Gasteiger partial charge in [0.2, 0.25) is 0 Å². The molecule has 1 aliphatic carbocycles. The number of rotatable bonds is 4. The van der Waals surface area contributed by atoms with E-state index in [1.807, 2.05) is 0 Å². The fraction of sp³-hybridized carbons (Fsp3) is 0.500. The highest BCUT2D eigenvalue weighted by atomic mass is 79.9. The molecule has 0 amide bonds. The van der Waals surface area contributed by atoms with Crippen molar-refractivity contribution in [2.75, 3.05) is 6.54 Å². The minimum absolute atomic E-state index is 0.803. The molecule has 0 aromatic heterocycles. The zero-order valence-corrected chi connectivity index (χ0v) is 9.89. The first-order valence-corrected chi connectivity index (χ1v) is 6.12. The number of halogens is 1. The Morgan fingerprint density at radius 3 is 2.71 bits per heavy atom. The Balaban J connectivity index is 1.76. The van der Waals surface area contributed by atoms with Crippen molar-refractivity contribution in [3.63, 3.8) is 0 Å². The summed E-state index contributed by atoms with van der Waals surface area (Å²) in [6.45, 7) is 1.10. The zero-order chi connectivity index (χ0) is 9.80. The van der Waals surface area contributed by atoms with Gasteiger partial charge in [-0.3, -0.25) is 0 Å². The van der Waals surface area contributed by atoms with Gasteiger partial charge in [0.25, 0.3) is 0 Å². The Bertz CT molecular complexity index is 294. The molecule has 1 N–H and O–H groups in total. The lowest BCUT2D eigenvalue weighted by molar-refractivity contribution is 0.342. The predicted octanol–water partition coefficient (Wildman–Crippen LogP) is 3.13. The van der Waals surface area contributed by atoms with Crippen molar-refractivity contribution in [3.8, 4) is 0 Å². The van der Waals surface area contributed by atoms with Crippen LogP contribution in [0.25, 0.3) is 0 Å². The number of hydrogen-bond acceptors (Lipinski definition) is 1. The van der Waals surface area contributed by atoms with Crippen molar-refractivity contribution in [3.05, 3.63) is 34.3 Å². The molecule has 1 nitrogen and oxygen atoms in total. The molecule has 0 radical (unpaired) electrons. The lowest BCUT2D eigenvalue weighted by atomic mass is 9.93. The third-order valence-electron chi connectivity index (χ3n) is 2.89. The molecule has 76 valence electrons. The van der Waals surface area contributed by atoms with Crippen LogP contribution in [0.5, 0.6) is 0 Å². The molecule has 1 saturated carbocycles. The minimum atomic E-state index is 0.803. The molecule has 2 heteroatoms. The first-order valence-electron chi connectivity index (χ1n) is 5.33. The maximum absolute atomic E-state index is 3.57. The molecule has 2 rings (SSSR count). The standard InChI is InChI=1S/C12H16BrN/c13-12-7-2-1-4-10(12)8-9-14-11-5-3-6-11/h1-2,4,7,11,14H,3,5-6,8-9H2. The normalized spacial score (nSPS) is 16.6. The lowest BCUT2D eigenvalue weighted by Gasteiger charge is -2.26. The van der Waals surface area contributed by atoms with Crippen LogP contribution >= 0.6 is 15.9 Å². The van der Waals surface area contributed by atoms with Crippen LogP contribution in [0.4, 0.5) is 0 Å². The molecule has 1 fully saturated rings. The molecule has 0 saturated heterocycles. The van der Waals surface area contributed by atoms with Crippen molar-refractivity contribution in [2.24, 2.45) is 0 Å². The number of benzene rings is 1. The molecule has 14 heavy (non-hydrogen) atoms. The van der Waals surface area contributed by atoms with Gasteiger partial charge in [0.15, 0.2) is 0 Å². The largest absolute Gasteiger partial charge is 0.314 e. The van der Waals surface area contributed by atoms with Gasteiger partial charge in [-0.15, -0.1) is 0 Å². The van der Waals surface area contributed by atoms with Gasteiger partial charge in [-0.2, -0.15) is 0 Å². The molecule has 0 unspecified atom stereocenters. The van der Waals surface area contributed by atoms with Crippen LogP contribution in [0.2, 0.25) is 0 Å². The Morgan fingerprint density at radius 1 is 1.29 bits per heavy atom. The number of hydrogen-bond donors (Lipinski definition) is 1. The summed E-state index contributed by atoms with van der Waals surface area (Å²) in [6, 6.07) is 9.26. The summed E-state index contributed by atoms with van der Waals surface area (Å²) in [5.41, 5.74) is 1.40. The lowest BCUT2D eigenvalue weighted by Crippen LogP contribution is -2.36. The van der Waals surface area contributed by atoms with Gasteiger partial charge in [-0.25, -0.2) is 0 Å². The highest BCUT2D eigenvalue weighted by molar-refractivity contribution is 9.10. The number of nitrogens with one attached hydrogen (secondary N) is 1. The molecule has 0 aliphatic heterocycles. The van der Waals surface area contributed by atoms with Crippen LogP contribution in [-0.2, 0) is 6.42 Å². The average molecular weight is 254 g/mol. The Morgan fingerprint density at radius 2 is 2.07 bits per heavy atom. The van der Waals surface area contributed by atoms with E-state index < -0.39 is 0 Å². The van der Waals surface area contributed by atoms with Gasteiger partial charge in [-0.05, 0) is 37.4 Å². The predicted molar refractivity (Wildman–Crippen MR) is 63.5 cm³/mol. The zero-order valence-electron chi connectivity index (χ0n) is 8.30. The van der Waals surface area contributed by atoms with Gasteiger partial charge >= 0.3 is 0 Å². The van der Waals surface area contributed by atoms with Crippen LogP contribution in [0.1, 0.15) is 24.8 Å². The van der Waals surface area contributed by atoms with Crippen molar-refractivity contribution in [1.29, 1.82) is 0 Å². The minimum Gasteiger partial charge on any atom is -0.314 e. The second kappa shape index (κ2) is 4.94. The fourth-order valence-electron chi connectivity index (χ4n) is 1.72. The Hall–Kier alpha value is -0.340. The van der Waals surface area contributed by atoms with E-state index in [0.29, 0.717) is 0 Å². The van der Waals surface area contributed by atoms with Gasteiger partial charge in [0.1, 0.15) is 0 Å². The first kappa shape index (κ1) is 10.2. The summed E-state index contributed by atoms with van der Waals surface area (Å²) in [4.78, 5) is 0. The van der Waals surface area contributed by atoms with Gasteiger partial charge in [0, 0.05) is 10.5 Å². The van der Waals surface area contributed by atoms with Crippen LogP contribution in [0.3, 0.4) is 0 Å². The first-order chi connectivity index (χ1) is 6.86. The van der Waals surface area contributed by atoms with Crippen LogP contribution < -0.4 is 5.32 Å². The molecule has 1 aromatic rings. The second-order valence-corrected chi connectivity index (χ2v) is 4.78. The second-order valence-electron chi connectivity index (χ2n) is 3.92. The third kappa shape index (κ3) is 2.58. The van der Waals surface area contributed by atoms with Crippen molar-refractivity contribution in [2.45, 2.75) is 31.7 Å². The Labute approximate surface area is 94.0 Å². The molecular formula is C12H16BrN. The van der Waals surface area contributed by atoms with Gasteiger partial charge < -0.3 is 5.32 Å². The topological polar surface area (TPSA) is 12.0 Å². The molecule has 0 bridgehead atoms. The van der Waals surface area contributed by atoms with E-state index >= 15 is 0 Å². The fourth-order valence-corrected chi connectivity index (χ4v) is 2.21. The summed E-state index contributed by atoms with van der Waals surface area (Å²) in [6.07, 6.45) is 5.27.